The zero-order valence-corrected chi connectivity index (χ0v) is 22.4. The molecule has 0 heterocycles. The van der Waals surface area contributed by atoms with Crippen molar-refractivity contribution in [1.82, 2.24) is 5.32 Å². The van der Waals surface area contributed by atoms with Gasteiger partial charge >= 0.3 is 35.5 Å². The van der Waals surface area contributed by atoms with Crippen molar-refractivity contribution >= 4 is 17.8 Å². The number of amides is 1. The van der Waals surface area contributed by atoms with Gasteiger partial charge in [0.2, 0.25) is 5.91 Å². The smallest absolute Gasteiger partial charge is 0.862 e. The molecule has 0 aromatic rings. The van der Waals surface area contributed by atoms with Crippen LogP contribution < -0.4 is 40.0 Å². The predicted molar refractivity (Wildman–Crippen MR) is 122 cm³/mol. The third kappa shape index (κ3) is 22.4. The van der Waals surface area contributed by atoms with Crippen LogP contribution in [0.25, 0.3) is 0 Å². The Labute approximate surface area is 212 Å². The fourth-order valence-electron chi connectivity index (χ4n) is 3.39. The molecule has 0 unspecified atom stereocenters. The fraction of sp³-hybridized carbons (Fsp3) is 0.875. The third-order valence-corrected chi connectivity index (χ3v) is 5.32. The molecule has 1 amide bonds. The van der Waals surface area contributed by atoms with Gasteiger partial charge in [0.25, 0.3) is 0 Å². The maximum Gasteiger partial charge on any atom is 1.00 e. The van der Waals surface area contributed by atoms with Gasteiger partial charge in [-0.05, 0) is 44.4 Å². The van der Waals surface area contributed by atoms with Gasteiger partial charge in [-0.15, -0.1) is 0 Å². The average molecular weight is 449 g/mol. The first-order valence-corrected chi connectivity index (χ1v) is 12.2. The minimum atomic E-state index is -1.00. The molecule has 0 radical (unpaired) electrons. The van der Waals surface area contributed by atoms with E-state index in [1.54, 1.807) is 0 Å². The Bertz CT molecular complexity index is 472. The summed E-state index contributed by atoms with van der Waals surface area (Å²) in [6.45, 7) is 4.72. The van der Waals surface area contributed by atoms with Crippen molar-refractivity contribution in [3.63, 3.8) is 0 Å². The Morgan fingerprint density at radius 3 is 1.90 bits per heavy atom. The number of hydrogen-bond acceptors (Lipinski definition) is 4. The number of aliphatic imine (C=N–C) groups is 1. The van der Waals surface area contributed by atoms with Gasteiger partial charge in [0.1, 0.15) is 6.04 Å². The number of nitrogens with zero attached hydrogens (tertiary/aromatic N) is 1. The first-order chi connectivity index (χ1) is 14.5. The molecule has 0 spiro atoms. The molecule has 2 N–H and O–H groups in total. The average Bonchev–Trinajstić information content (AvgIpc) is 2.71. The summed E-state index contributed by atoms with van der Waals surface area (Å²) < 4.78 is 0. The Hall–Kier alpha value is -0.590. The second-order valence-electron chi connectivity index (χ2n) is 8.27. The van der Waals surface area contributed by atoms with E-state index in [0.29, 0.717) is 38.6 Å². The molecule has 0 bridgehead atoms. The van der Waals surface area contributed by atoms with E-state index in [-0.39, 0.29) is 41.4 Å². The maximum atomic E-state index is 11.8. The second kappa shape index (κ2) is 24.1. The Morgan fingerprint density at radius 1 is 0.806 bits per heavy atom. The molecule has 0 aromatic carbocycles. The van der Waals surface area contributed by atoms with Crippen LogP contribution in [0.4, 0.5) is 0 Å². The molecule has 31 heavy (non-hydrogen) atoms. The summed E-state index contributed by atoms with van der Waals surface area (Å²) in [5, 5.41) is 23.7. The molecule has 0 saturated heterocycles. The molecule has 0 aliphatic rings. The van der Waals surface area contributed by atoms with E-state index in [4.69, 9.17) is 0 Å². The van der Waals surface area contributed by atoms with Crippen molar-refractivity contribution in [2.75, 3.05) is 6.54 Å². The van der Waals surface area contributed by atoms with Gasteiger partial charge in [-0.3, -0.25) is 4.79 Å². The van der Waals surface area contributed by atoms with Gasteiger partial charge in [0.05, 0.1) is 0 Å². The number of hydrogen-bond donors (Lipinski definition) is 2. The van der Waals surface area contributed by atoms with Crippen LogP contribution in [0.1, 0.15) is 123 Å². The molecular weight excluding hydrogens is 403 g/mol. The topological polar surface area (TPSA) is 102 Å². The minimum Gasteiger partial charge on any atom is -0.862 e. The van der Waals surface area contributed by atoms with Crippen LogP contribution in [0.5, 0.6) is 0 Å². The van der Waals surface area contributed by atoms with E-state index in [0.717, 1.165) is 32.1 Å². The summed E-state index contributed by atoms with van der Waals surface area (Å²) in [4.78, 5) is 27.2. The number of carbonyl (C=O) groups is 2. The summed E-state index contributed by atoms with van der Waals surface area (Å²) >= 11 is 0. The van der Waals surface area contributed by atoms with Crippen molar-refractivity contribution in [3.8, 4) is 0 Å². The predicted octanol–water partition coefficient (Wildman–Crippen LogP) is 1.99. The van der Waals surface area contributed by atoms with Crippen molar-refractivity contribution < 1.29 is 49.4 Å². The normalized spacial score (nSPS) is 12.3. The first kappa shape index (κ1) is 32.6. The van der Waals surface area contributed by atoms with Crippen LogP contribution in [-0.4, -0.2) is 35.5 Å². The molecule has 176 valence electrons. The molecule has 7 heteroatoms. The van der Waals surface area contributed by atoms with Gasteiger partial charge in [0, 0.05) is 13.0 Å². The standard InChI is InChI=1S/C24H46N2O4.Na/c1-3-5-7-8-9-10-11-12-14-18-22(27)25-20-16-15-17-21(24(29)30)26-23(28)19-13-6-4-2;/h21H,3-20H2,1-2H3,(H,25,27)(H,26,28)(H,29,30);/q;+1/p-1/t21-;/m0./s1. The van der Waals surface area contributed by atoms with E-state index in [1.165, 1.54) is 44.9 Å². The number of nitrogens with one attached hydrogen (secondary N) is 1. The number of carbonyl (C=O) groups excluding carboxylic acids is 1. The SMILES string of the molecule is CCCCCCCCCCCC([O-])=NCCCC[C@H](NC(=O)CCCCC)C(=O)O.[Na+]. The number of aliphatic carboxylic acids is 1. The van der Waals surface area contributed by atoms with E-state index >= 15 is 0 Å². The van der Waals surface area contributed by atoms with Crippen LogP contribution in [-0.2, 0) is 9.59 Å². The summed E-state index contributed by atoms with van der Waals surface area (Å²) in [6, 6.07) is -0.850. The summed E-state index contributed by atoms with van der Waals surface area (Å²) in [7, 11) is 0. The number of unbranched alkanes of at least 4 members (excludes halogenated alkanes) is 11. The third-order valence-electron chi connectivity index (χ3n) is 5.32. The van der Waals surface area contributed by atoms with Gasteiger partial charge in [-0.25, -0.2) is 4.79 Å². The van der Waals surface area contributed by atoms with Crippen molar-refractivity contribution in [3.05, 3.63) is 0 Å². The van der Waals surface area contributed by atoms with Crippen LogP contribution in [0.2, 0.25) is 0 Å². The van der Waals surface area contributed by atoms with Crippen molar-refractivity contribution in [1.29, 1.82) is 0 Å². The zero-order valence-electron chi connectivity index (χ0n) is 20.4. The molecule has 0 saturated carbocycles. The second-order valence-corrected chi connectivity index (χ2v) is 8.27. The monoisotopic (exact) mass is 448 g/mol. The minimum absolute atomic E-state index is 0. The maximum absolute atomic E-state index is 11.8. The van der Waals surface area contributed by atoms with Crippen molar-refractivity contribution in [2.24, 2.45) is 4.99 Å². The Morgan fingerprint density at radius 2 is 1.32 bits per heavy atom. The molecule has 0 aromatic heterocycles. The summed E-state index contributed by atoms with van der Waals surface area (Å²) in [6.07, 6.45) is 16.4. The molecule has 1 atom stereocenters. The van der Waals surface area contributed by atoms with E-state index in [2.05, 4.69) is 24.2 Å². The Balaban J connectivity index is 0. The molecule has 0 aliphatic heterocycles. The number of rotatable bonds is 21. The van der Waals surface area contributed by atoms with E-state index in [1.807, 2.05) is 0 Å². The number of carboxylic acid groups (broad SMARTS) is 1. The molecule has 6 nitrogen and oxygen atoms in total. The van der Waals surface area contributed by atoms with E-state index in [9.17, 15) is 19.8 Å². The van der Waals surface area contributed by atoms with Crippen LogP contribution in [0, 0.1) is 0 Å². The number of carboxylic acids is 1. The summed E-state index contributed by atoms with van der Waals surface area (Å²) in [5.41, 5.74) is 0. The van der Waals surface area contributed by atoms with Crippen LogP contribution in [0.3, 0.4) is 0 Å². The van der Waals surface area contributed by atoms with Crippen LogP contribution >= 0.6 is 0 Å². The van der Waals surface area contributed by atoms with Gasteiger partial charge in [-0.2, -0.15) is 0 Å². The van der Waals surface area contributed by atoms with Gasteiger partial charge in [0.15, 0.2) is 0 Å². The van der Waals surface area contributed by atoms with Gasteiger partial charge in [-0.1, -0.05) is 78.1 Å². The zero-order chi connectivity index (χ0) is 22.5. The summed E-state index contributed by atoms with van der Waals surface area (Å²) in [5.74, 6) is -1.24. The first-order valence-electron chi connectivity index (χ1n) is 12.2. The van der Waals surface area contributed by atoms with E-state index < -0.39 is 12.0 Å². The molecule has 0 aliphatic carbocycles. The fourth-order valence-corrected chi connectivity index (χ4v) is 3.39. The van der Waals surface area contributed by atoms with Gasteiger partial charge < -0.3 is 20.5 Å². The Kier molecular flexibility index (Phi) is 25.3. The van der Waals surface area contributed by atoms with Crippen molar-refractivity contribution in [2.45, 2.75) is 129 Å². The molecular formula is C24H45N2NaO4. The largest absolute Gasteiger partial charge is 1.00 e. The molecule has 0 fully saturated rings. The molecule has 0 rings (SSSR count). The quantitative estimate of drug-likeness (QED) is 0.121. The van der Waals surface area contributed by atoms with Crippen LogP contribution in [0.15, 0.2) is 4.99 Å².